The minimum Gasteiger partial charge on any atom is -0.368 e. The number of hydrogen-bond acceptors (Lipinski definition) is 5. The summed E-state index contributed by atoms with van der Waals surface area (Å²) in [5.74, 6) is 0.0853. The van der Waals surface area contributed by atoms with E-state index in [1.54, 1.807) is 18.3 Å². The van der Waals surface area contributed by atoms with E-state index in [1.165, 1.54) is 0 Å². The van der Waals surface area contributed by atoms with Gasteiger partial charge in [0.05, 0.1) is 10.6 Å². The molecule has 0 bridgehead atoms. The minimum atomic E-state index is 0.0853. The number of likely N-dealkylation sites (N-methyl/N-ethyl adjacent to an activating group) is 1. The summed E-state index contributed by atoms with van der Waals surface area (Å²) in [6, 6.07) is 7.68. The molecule has 0 atom stereocenters. The molecule has 132 valence electrons. The van der Waals surface area contributed by atoms with Crippen LogP contribution in [-0.2, 0) is 0 Å². The standard InChI is InChI=1S/C20H25N3OS/c1-5-22-10-12-23(13-11-22)15(3)19-14(2)21-20(25-19)18-8-6-17(7-9-18)16(4)24/h6-9H,3,5,10-13H2,1-2,4H3. The number of Topliss-reactive ketones (excluding diaryl/α,β-unsaturated/α-hetero) is 1. The van der Waals surface area contributed by atoms with Crippen molar-refractivity contribution in [2.45, 2.75) is 20.8 Å². The molecule has 0 N–H and O–H groups in total. The number of thiazole rings is 1. The third-order valence-corrected chi connectivity index (χ3v) is 6.05. The zero-order valence-corrected chi connectivity index (χ0v) is 16.0. The zero-order valence-electron chi connectivity index (χ0n) is 15.2. The van der Waals surface area contributed by atoms with Gasteiger partial charge in [-0.2, -0.15) is 0 Å². The predicted molar refractivity (Wildman–Crippen MR) is 105 cm³/mol. The Hall–Kier alpha value is -1.98. The number of piperazine rings is 1. The third kappa shape index (κ3) is 3.83. The summed E-state index contributed by atoms with van der Waals surface area (Å²) in [5, 5.41) is 0.982. The van der Waals surface area contributed by atoms with E-state index in [9.17, 15) is 4.79 Å². The fraction of sp³-hybridized carbons (Fsp3) is 0.400. The molecular formula is C20H25N3OS. The molecule has 25 heavy (non-hydrogen) atoms. The van der Waals surface area contributed by atoms with Crippen LogP contribution in [0.1, 0.15) is 34.8 Å². The quantitative estimate of drug-likeness (QED) is 0.762. The van der Waals surface area contributed by atoms with Crippen LogP contribution in [0.3, 0.4) is 0 Å². The minimum absolute atomic E-state index is 0.0853. The Morgan fingerprint density at radius 2 is 1.84 bits per heavy atom. The molecule has 0 unspecified atom stereocenters. The Kier molecular flexibility index (Phi) is 5.35. The molecule has 5 heteroatoms. The van der Waals surface area contributed by atoms with Gasteiger partial charge in [0.1, 0.15) is 5.01 Å². The van der Waals surface area contributed by atoms with Crippen molar-refractivity contribution in [2.75, 3.05) is 32.7 Å². The van der Waals surface area contributed by atoms with Gasteiger partial charge in [-0.15, -0.1) is 11.3 Å². The van der Waals surface area contributed by atoms with Crippen molar-refractivity contribution < 1.29 is 4.79 Å². The van der Waals surface area contributed by atoms with Gasteiger partial charge in [0.15, 0.2) is 5.78 Å². The average Bonchev–Trinajstić information content (AvgIpc) is 3.03. The molecule has 4 nitrogen and oxygen atoms in total. The summed E-state index contributed by atoms with van der Waals surface area (Å²) in [5.41, 5.74) is 3.89. The van der Waals surface area contributed by atoms with Gasteiger partial charge in [0.2, 0.25) is 0 Å². The topological polar surface area (TPSA) is 36.4 Å². The Labute approximate surface area is 153 Å². The van der Waals surface area contributed by atoms with Gasteiger partial charge < -0.3 is 9.80 Å². The first-order valence-corrected chi connectivity index (χ1v) is 9.56. The molecule has 1 aliphatic rings. The van der Waals surface area contributed by atoms with Gasteiger partial charge in [-0.25, -0.2) is 4.98 Å². The van der Waals surface area contributed by atoms with E-state index < -0.39 is 0 Å². The number of ketones is 1. The SMILES string of the molecule is C=C(c1sc(-c2ccc(C(C)=O)cc2)nc1C)N1CCN(CC)CC1. The molecule has 1 saturated heterocycles. The Balaban J connectivity index is 1.78. The van der Waals surface area contributed by atoms with Crippen molar-refractivity contribution in [3.05, 3.63) is 47.0 Å². The van der Waals surface area contributed by atoms with Crippen LogP contribution in [0.25, 0.3) is 16.3 Å². The van der Waals surface area contributed by atoms with Crippen molar-refractivity contribution in [1.29, 1.82) is 0 Å². The van der Waals surface area contributed by atoms with Gasteiger partial charge >= 0.3 is 0 Å². The van der Waals surface area contributed by atoms with Crippen LogP contribution in [0.2, 0.25) is 0 Å². The number of nitrogens with zero attached hydrogens (tertiary/aromatic N) is 3. The lowest BCUT2D eigenvalue weighted by Gasteiger charge is -2.36. The molecule has 0 saturated carbocycles. The molecule has 1 aromatic carbocycles. The number of aryl methyl sites for hydroxylation is 1. The van der Waals surface area contributed by atoms with Crippen LogP contribution < -0.4 is 0 Å². The highest BCUT2D eigenvalue weighted by molar-refractivity contribution is 7.16. The fourth-order valence-corrected chi connectivity index (χ4v) is 4.18. The fourth-order valence-electron chi connectivity index (χ4n) is 3.11. The average molecular weight is 356 g/mol. The zero-order chi connectivity index (χ0) is 18.0. The van der Waals surface area contributed by atoms with Crippen molar-refractivity contribution in [3.8, 4) is 10.6 Å². The summed E-state index contributed by atoms with van der Waals surface area (Å²) in [6.45, 7) is 15.5. The number of carbonyl (C=O) groups is 1. The van der Waals surface area contributed by atoms with E-state index in [1.807, 2.05) is 31.2 Å². The second kappa shape index (κ2) is 7.50. The first-order valence-electron chi connectivity index (χ1n) is 8.75. The van der Waals surface area contributed by atoms with Crippen LogP contribution in [0.4, 0.5) is 0 Å². The maximum Gasteiger partial charge on any atom is 0.159 e. The smallest absolute Gasteiger partial charge is 0.159 e. The molecule has 3 rings (SSSR count). The molecule has 0 spiro atoms. The maximum absolute atomic E-state index is 11.4. The number of benzene rings is 1. The molecular weight excluding hydrogens is 330 g/mol. The van der Waals surface area contributed by atoms with Gasteiger partial charge in [-0.3, -0.25) is 4.79 Å². The van der Waals surface area contributed by atoms with Crippen LogP contribution in [-0.4, -0.2) is 53.3 Å². The second-order valence-electron chi connectivity index (χ2n) is 6.44. The van der Waals surface area contributed by atoms with Gasteiger partial charge in [-0.05, 0) is 20.4 Å². The Morgan fingerprint density at radius 3 is 2.40 bits per heavy atom. The largest absolute Gasteiger partial charge is 0.368 e. The summed E-state index contributed by atoms with van der Waals surface area (Å²) in [7, 11) is 0. The van der Waals surface area contributed by atoms with E-state index in [0.29, 0.717) is 0 Å². The first kappa shape index (κ1) is 17.8. The van der Waals surface area contributed by atoms with E-state index in [4.69, 9.17) is 4.98 Å². The maximum atomic E-state index is 11.4. The molecule has 0 aliphatic carbocycles. The Bertz CT molecular complexity index is 771. The van der Waals surface area contributed by atoms with Crippen molar-refractivity contribution in [1.82, 2.24) is 14.8 Å². The lowest BCUT2D eigenvalue weighted by Crippen LogP contribution is -2.44. The molecule has 1 fully saturated rings. The second-order valence-corrected chi connectivity index (χ2v) is 7.43. The van der Waals surface area contributed by atoms with Crippen LogP contribution in [0.5, 0.6) is 0 Å². The number of hydrogen-bond donors (Lipinski definition) is 0. The van der Waals surface area contributed by atoms with Gasteiger partial charge in [0.25, 0.3) is 0 Å². The summed E-state index contributed by atoms with van der Waals surface area (Å²) in [6.07, 6.45) is 0. The van der Waals surface area contributed by atoms with E-state index in [0.717, 1.165) is 65.1 Å². The molecule has 0 radical (unpaired) electrons. The highest BCUT2D eigenvalue weighted by atomic mass is 32.1. The van der Waals surface area contributed by atoms with E-state index in [2.05, 4.69) is 23.3 Å². The van der Waals surface area contributed by atoms with Crippen LogP contribution in [0.15, 0.2) is 30.8 Å². The van der Waals surface area contributed by atoms with Crippen molar-refractivity contribution in [3.63, 3.8) is 0 Å². The number of carbonyl (C=O) groups excluding carboxylic acids is 1. The summed E-state index contributed by atoms with van der Waals surface area (Å²) >= 11 is 1.68. The molecule has 2 aromatic rings. The highest BCUT2D eigenvalue weighted by Crippen LogP contribution is 2.33. The Morgan fingerprint density at radius 1 is 1.20 bits per heavy atom. The normalized spacial score (nSPS) is 15.4. The van der Waals surface area contributed by atoms with Crippen molar-refractivity contribution >= 4 is 22.8 Å². The van der Waals surface area contributed by atoms with E-state index >= 15 is 0 Å². The molecule has 2 heterocycles. The lowest BCUT2D eigenvalue weighted by atomic mass is 10.1. The van der Waals surface area contributed by atoms with E-state index in [-0.39, 0.29) is 5.78 Å². The lowest BCUT2D eigenvalue weighted by molar-refractivity contribution is 0.101. The third-order valence-electron chi connectivity index (χ3n) is 4.80. The number of aromatic nitrogens is 1. The molecule has 1 aliphatic heterocycles. The predicted octanol–water partition coefficient (Wildman–Crippen LogP) is 3.93. The number of rotatable bonds is 5. The summed E-state index contributed by atoms with van der Waals surface area (Å²) < 4.78 is 0. The monoisotopic (exact) mass is 355 g/mol. The van der Waals surface area contributed by atoms with Crippen LogP contribution in [0, 0.1) is 6.92 Å². The summed E-state index contributed by atoms with van der Waals surface area (Å²) in [4.78, 5) is 22.2. The molecule has 1 aromatic heterocycles. The van der Waals surface area contributed by atoms with Gasteiger partial charge in [-0.1, -0.05) is 37.8 Å². The highest BCUT2D eigenvalue weighted by Gasteiger charge is 2.21. The first-order chi connectivity index (χ1) is 12.0. The molecule has 0 amide bonds. The van der Waals surface area contributed by atoms with Crippen LogP contribution >= 0.6 is 11.3 Å². The van der Waals surface area contributed by atoms with Gasteiger partial charge in [0, 0.05) is 43.0 Å². The van der Waals surface area contributed by atoms with Crippen molar-refractivity contribution in [2.24, 2.45) is 0 Å².